The van der Waals surface area contributed by atoms with Crippen molar-refractivity contribution in [1.82, 2.24) is 0 Å². The van der Waals surface area contributed by atoms with Crippen molar-refractivity contribution in [2.24, 2.45) is 0 Å². The number of ether oxygens (including phenoxy) is 2. The van der Waals surface area contributed by atoms with Gasteiger partial charge in [0.05, 0.1) is 13.2 Å². The fourth-order valence-electron chi connectivity index (χ4n) is 1.47. The van der Waals surface area contributed by atoms with Crippen molar-refractivity contribution in [3.05, 3.63) is 29.3 Å². The Morgan fingerprint density at radius 1 is 1.37 bits per heavy atom. The molecular formula is C14H15NO4. The van der Waals surface area contributed by atoms with Crippen molar-refractivity contribution in [1.29, 1.82) is 5.26 Å². The minimum Gasteiger partial charge on any atom is -0.494 e. The lowest BCUT2D eigenvalue weighted by atomic mass is 10.1. The van der Waals surface area contributed by atoms with Crippen LogP contribution in [-0.4, -0.2) is 24.3 Å². The Bertz CT molecular complexity index is 529. The van der Waals surface area contributed by atoms with E-state index in [9.17, 15) is 4.79 Å². The van der Waals surface area contributed by atoms with Crippen molar-refractivity contribution < 1.29 is 19.4 Å². The van der Waals surface area contributed by atoms with Gasteiger partial charge in [0, 0.05) is 11.6 Å². The zero-order valence-electron chi connectivity index (χ0n) is 10.8. The lowest BCUT2D eigenvalue weighted by molar-refractivity contribution is -0.132. The van der Waals surface area contributed by atoms with Crippen molar-refractivity contribution in [2.75, 3.05) is 13.2 Å². The Kier molecular flexibility index (Phi) is 5.42. The summed E-state index contributed by atoms with van der Waals surface area (Å²) in [5.74, 6) is -0.141. The number of nitrogens with zero attached hydrogens (tertiary/aromatic N) is 1. The fraction of sp³-hybridized carbons (Fsp3) is 0.286. The molecule has 1 rings (SSSR count). The van der Waals surface area contributed by atoms with Crippen LogP contribution in [0.1, 0.15) is 19.4 Å². The Balaban J connectivity index is 3.19. The minimum atomic E-state index is -1.26. The molecule has 0 spiro atoms. The smallest absolute Gasteiger partial charge is 0.346 e. The van der Waals surface area contributed by atoms with Gasteiger partial charge in [0.25, 0.3) is 0 Å². The summed E-state index contributed by atoms with van der Waals surface area (Å²) in [5, 5.41) is 17.6. The van der Waals surface area contributed by atoms with Crippen molar-refractivity contribution >= 4 is 12.0 Å². The zero-order chi connectivity index (χ0) is 14.3. The number of carbonyl (C=O) groups is 1. The van der Waals surface area contributed by atoms with Crippen LogP contribution in [0.5, 0.6) is 11.5 Å². The van der Waals surface area contributed by atoms with Crippen LogP contribution in [0.4, 0.5) is 0 Å². The van der Waals surface area contributed by atoms with E-state index in [-0.39, 0.29) is 5.57 Å². The standard InChI is InChI=1S/C14H15NO4/c1-3-18-12-6-5-10(13(8-12)19-4-2)7-11(9-15)14(16)17/h5-8H,3-4H2,1-2H3,(H,16,17). The molecule has 19 heavy (non-hydrogen) atoms. The van der Waals surface area contributed by atoms with Crippen LogP contribution < -0.4 is 9.47 Å². The van der Waals surface area contributed by atoms with E-state index < -0.39 is 5.97 Å². The molecule has 0 aliphatic carbocycles. The van der Waals surface area contributed by atoms with Gasteiger partial charge in [-0.25, -0.2) is 4.79 Å². The summed E-state index contributed by atoms with van der Waals surface area (Å²) < 4.78 is 10.8. The minimum absolute atomic E-state index is 0.342. The van der Waals surface area contributed by atoms with E-state index in [0.717, 1.165) is 0 Å². The van der Waals surface area contributed by atoms with E-state index in [1.165, 1.54) is 6.08 Å². The highest BCUT2D eigenvalue weighted by Crippen LogP contribution is 2.27. The first kappa shape index (κ1) is 14.6. The molecule has 0 radical (unpaired) electrons. The van der Waals surface area contributed by atoms with Gasteiger partial charge in [0.15, 0.2) is 0 Å². The predicted octanol–water partition coefficient (Wildman–Crippen LogP) is 2.48. The normalized spacial score (nSPS) is 10.7. The highest BCUT2D eigenvalue weighted by molar-refractivity contribution is 5.96. The summed E-state index contributed by atoms with van der Waals surface area (Å²) in [4.78, 5) is 10.8. The average Bonchev–Trinajstić information content (AvgIpc) is 2.38. The van der Waals surface area contributed by atoms with Gasteiger partial charge in [-0.3, -0.25) is 0 Å². The maximum Gasteiger partial charge on any atom is 0.346 e. The molecule has 5 heteroatoms. The van der Waals surface area contributed by atoms with Gasteiger partial charge in [-0.2, -0.15) is 5.26 Å². The van der Waals surface area contributed by atoms with Gasteiger partial charge in [0.2, 0.25) is 0 Å². The van der Waals surface area contributed by atoms with Crippen molar-refractivity contribution in [3.63, 3.8) is 0 Å². The third kappa shape index (κ3) is 4.03. The number of hydrogen-bond acceptors (Lipinski definition) is 4. The highest BCUT2D eigenvalue weighted by atomic mass is 16.5. The van der Waals surface area contributed by atoms with E-state index in [2.05, 4.69) is 0 Å². The second-order valence-corrected chi connectivity index (χ2v) is 3.54. The third-order valence-electron chi connectivity index (χ3n) is 2.25. The van der Waals surface area contributed by atoms with Gasteiger partial charge in [0.1, 0.15) is 23.1 Å². The van der Waals surface area contributed by atoms with Crippen LogP contribution in [0.15, 0.2) is 23.8 Å². The highest BCUT2D eigenvalue weighted by Gasteiger charge is 2.09. The van der Waals surface area contributed by atoms with Crippen molar-refractivity contribution in [3.8, 4) is 17.6 Å². The summed E-state index contributed by atoms with van der Waals surface area (Å²) in [6, 6.07) is 6.68. The average molecular weight is 261 g/mol. The summed E-state index contributed by atoms with van der Waals surface area (Å²) in [5.41, 5.74) is 0.189. The van der Waals surface area contributed by atoms with E-state index in [1.54, 1.807) is 24.3 Å². The Morgan fingerprint density at radius 2 is 2.05 bits per heavy atom. The second-order valence-electron chi connectivity index (χ2n) is 3.54. The lowest BCUT2D eigenvalue weighted by Crippen LogP contribution is -2.00. The predicted molar refractivity (Wildman–Crippen MR) is 70.0 cm³/mol. The molecule has 0 heterocycles. The summed E-state index contributed by atoms with van der Waals surface area (Å²) in [6.45, 7) is 4.65. The molecule has 0 saturated heterocycles. The summed E-state index contributed by atoms with van der Waals surface area (Å²) in [7, 11) is 0. The molecule has 5 nitrogen and oxygen atoms in total. The number of hydrogen-bond donors (Lipinski definition) is 1. The molecule has 0 unspecified atom stereocenters. The quantitative estimate of drug-likeness (QED) is 0.628. The molecule has 1 aromatic carbocycles. The third-order valence-corrected chi connectivity index (χ3v) is 2.25. The van der Waals surface area contributed by atoms with Crippen LogP contribution in [0, 0.1) is 11.3 Å². The van der Waals surface area contributed by atoms with Gasteiger partial charge < -0.3 is 14.6 Å². The molecule has 1 N–H and O–H groups in total. The van der Waals surface area contributed by atoms with Crippen LogP contribution in [0.2, 0.25) is 0 Å². The maximum atomic E-state index is 10.8. The van der Waals surface area contributed by atoms with Gasteiger partial charge in [-0.15, -0.1) is 0 Å². The van der Waals surface area contributed by atoms with Gasteiger partial charge >= 0.3 is 5.97 Å². The molecular weight excluding hydrogens is 246 g/mol. The molecule has 0 fully saturated rings. The Hall–Kier alpha value is -2.48. The second kappa shape index (κ2) is 7.07. The zero-order valence-corrected chi connectivity index (χ0v) is 10.8. The first-order chi connectivity index (χ1) is 9.12. The fourth-order valence-corrected chi connectivity index (χ4v) is 1.47. The Labute approximate surface area is 111 Å². The lowest BCUT2D eigenvalue weighted by Gasteiger charge is -2.10. The molecule has 0 atom stereocenters. The summed E-state index contributed by atoms with van der Waals surface area (Å²) >= 11 is 0. The molecule has 1 aromatic rings. The number of nitriles is 1. The molecule has 0 saturated carbocycles. The molecule has 0 bridgehead atoms. The molecule has 0 aliphatic rings. The monoisotopic (exact) mass is 261 g/mol. The number of benzene rings is 1. The van der Waals surface area contributed by atoms with Crippen LogP contribution in [0.25, 0.3) is 6.08 Å². The number of rotatable bonds is 6. The first-order valence-corrected chi connectivity index (χ1v) is 5.87. The SMILES string of the molecule is CCOc1ccc(C=C(C#N)C(=O)O)c(OCC)c1. The first-order valence-electron chi connectivity index (χ1n) is 5.87. The van der Waals surface area contributed by atoms with E-state index in [1.807, 2.05) is 13.8 Å². The van der Waals surface area contributed by atoms with E-state index >= 15 is 0 Å². The summed E-state index contributed by atoms with van der Waals surface area (Å²) in [6.07, 6.45) is 1.28. The number of carboxylic acids is 1. The number of aliphatic carboxylic acids is 1. The van der Waals surface area contributed by atoms with Crippen LogP contribution in [-0.2, 0) is 4.79 Å². The maximum absolute atomic E-state index is 10.8. The largest absolute Gasteiger partial charge is 0.494 e. The molecule has 0 amide bonds. The van der Waals surface area contributed by atoms with E-state index in [4.69, 9.17) is 19.8 Å². The van der Waals surface area contributed by atoms with Crippen molar-refractivity contribution in [2.45, 2.75) is 13.8 Å². The molecule has 0 aliphatic heterocycles. The van der Waals surface area contributed by atoms with Crippen LogP contribution in [0.3, 0.4) is 0 Å². The van der Waals surface area contributed by atoms with Crippen LogP contribution >= 0.6 is 0 Å². The molecule has 100 valence electrons. The number of carboxylic acid groups (broad SMARTS) is 1. The van der Waals surface area contributed by atoms with Gasteiger partial charge in [-0.05, 0) is 32.1 Å². The van der Waals surface area contributed by atoms with E-state index in [0.29, 0.717) is 30.3 Å². The topological polar surface area (TPSA) is 79.5 Å². The molecule has 0 aromatic heterocycles. The Morgan fingerprint density at radius 3 is 2.58 bits per heavy atom. The van der Waals surface area contributed by atoms with Gasteiger partial charge in [-0.1, -0.05) is 0 Å².